The molecule has 3 N–H and O–H groups in total. The summed E-state index contributed by atoms with van der Waals surface area (Å²) in [6.07, 6.45) is 0. The maximum Gasteiger partial charge on any atom is 0.248 e. The second kappa shape index (κ2) is 5.02. The molecule has 2 aromatic rings. The molecule has 0 saturated carbocycles. The highest BCUT2D eigenvalue weighted by Gasteiger charge is 2.01. The van der Waals surface area contributed by atoms with Gasteiger partial charge in [0.1, 0.15) is 0 Å². The molecule has 0 aliphatic carbocycles. The molecule has 0 bridgehead atoms. The molecule has 0 heterocycles. The Balaban J connectivity index is 2.26. The van der Waals surface area contributed by atoms with Gasteiger partial charge >= 0.3 is 0 Å². The molecule has 4 heteroatoms. The Kier molecular flexibility index (Phi) is 3.26. The first kappa shape index (κ1) is 11.7. The number of carbonyl (C=O) groups is 1. The van der Waals surface area contributed by atoms with Crippen molar-refractivity contribution in [1.29, 1.82) is 5.26 Å². The largest absolute Gasteiger partial charge is 0.366 e. The number of nitrogens with one attached hydrogen (secondary N) is 1. The maximum absolute atomic E-state index is 11.1. The van der Waals surface area contributed by atoms with E-state index in [4.69, 9.17) is 11.0 Å². The highest BCUT2D eigenvalue weighted by Crippen LogP contribution is 2.18. The van der Waals surface area contributed by atoms with E-state index in [1.54, 1.807) is 36.4 Å². The number of hydrogen-bond acceptors (Lipinski definition) is 3. The van der Waals surface area contributed by atoms with E-state index in [0.29, 0.717) is 11.1 Å². The van der Waals surface area contributed by atoms with Crippen LogP contribution < -0.4 is 11.1 Å². The summed E-state index contributed by atoms with van der Waals surface area (Å²) in [4.78, 5) is 11.1. The average Bonchev–Trinajstić information content (AvgIpc) is 2.39. The van der Waals surface area contributed by atoms with Gasteiger partial charge in [-0.1, -0.05) is 12.1 Å². The van der Waals surface area contributed by atoms with Crippen LogP contribution in [0.25, 0.3) is 0 Å². The van der Waals surface area contributed by atoms with E-state index in [2.05, 4.69) is 11.4 Å². The van der Waals surface area contributed by atoms with Crippen LogP contribution in [0.5, 0.6) is 0 Å². The van der Waals surface area contributed by atoms with E-state index in [1.807, 2.05) is 12.1 Å². The summed E-state index contributed by atoms with van der Waals surface area (Å²) < 4.78 is 0. The lowest BCUT2D eigenvalue weighted by atomic mass is 10.1. The highest BCUT2D eigenvalue weighted by molar-refractivity contribution is 5.93. The number of anilines is 2. The van der Waals surface area contributed by atoms with Crippen LogP contribution in [0, 0.1) is 11.3 Å². The Morgan fingerprint density at radius 3 is 2.44 bits per heavy atom. The summed E-state index contributed by atoms with van der Waals surface area (Å²) in [6.45, 7) is 0. The fourth-order valence-corrected chi connectivity index (χ4v) is 1.58. The molecule has 4 nitrogen and oxygen atoms in total. The molecular formula is C14H11N3O. The first-order valence-electron chi connectivity index (χ1n) is 5.36. The Bertz CT molecular complexity index is 629. The van der Waals surface area contributed by atoms with E-state index in [-0.39, 0.29) is 0 Å². The summed E-state index contributed by atoms with van der Waals surface area (Å²) in [5.41, 5.74) is 7.77. The van der Waals surface area contributed by atoms with Gasteiger partial charge in [-0.05, 0) is 36.4 Å². The van der Waals surface area contributed by atoms with Crippen molar-refractivity contribution >= 4 is 17.3 Å². The monoisotopic (exact) mass is 237 g/mol. The Morgan fingerprint density at radius 2 is 1.78 bits per heavy atom. The molecule has 2 aromatic carbocycles. The quantitative estimate of drug-likeness (QED) is 0.860. The summed E-state index contributed by atoms with van der Waals surface area (Å²) in [6, 6.07) is 16.1. The van der Waals surface area contributed by atoms with Crippen molar-refractivity contribution in [1.82, 2.24) is 0 Å². The topological polar surface area (TPSA) is 78.9 Å². The van der Waals surface area contributed by atoms with Crippen LogP contribution in [-0.2, 0) is 0 Å². The van der Waals surface area contributed by atoms with Gasteiger partial charge in [0.2, 0.25) is 5.91 Å². The van der Waals surface area contributed by atoms with E-state index < -0.39 is 5.91 Å². The molecule has 18 heavy (non-hydrogen) atoms. The predicted molar refractivity (Wildman–Crippen MR) is 69.4 cm³/mol. The zero-order chi connectivity index (χ0) is 13.0. The minimum Gasteiger partial charge on any atom is -0.366 e. The molecule has 0 fully saturated rings. The van der Waals surface area contributed by atoms with Crippen molar-refractivity contribution in [3.05, 3.63) is 59.7 Å². The lowest BCUT2D eigenvalue weighted by Gasteiger charge is -2.07. The second-order valence-corrected chi connectivity index (χ2v) is 3.76. The fourth-order valence-electron chi connectivity index (χ4n) is 1.58. The lowest BCUT2D eigenvalue weighted by molar-refractivity contribution is 0.100. The molecule has 0 aromatic heterocycles. The SMILES string of the molecule is N#Cc1cccc(Nc2cccc(C(N)=O)c2)c1. The molecule has 88 valence electrons. The normalized spacial score (nSPS) is 9.50. The first-order chi connectivity index (χ1) is 8.69. The van der Waals surface area contributed by atoms with Crippen LogP contribution in [0.15, 0.2) is 48.5 Å². The summed E-state index contributed by atoms with van der Waals surface area (Å²) in [7, 11) is 0. The zero-order valence-corrected chi connectivity index (χ0v) is 9.55. The molecule has 0 spiro atoms. The molecule has 0 radical (unpaired) electrons. The van der Waals surface area contributed by atoms with Gasteiger partial charge in [0, 0.05) is 16.9 Å². The van der Waals surface area contributed by atoms with Gasteiger partial charge in [-0.25, -0.2) is 0 Å². The van der Waals surface area contributed by atoms with Gasteiger partial charge in [-0.15, -0.1) is 0 Å². The number of rotatable bonds is 3. The van der Waals surface area contributed by atoms with Crippen LogP contribution in [0.2, 0.25) is 0 Å². The van der Waals surface area contributed by atoms with Gasteiger partial charge in [0.15, 0.2) is 0 Å². The minimum atomic E-state index is -0.468. The number of nitrogens with two attached hydrogens (primary N) is 1. The second-order valence-electron chi connectivity index (χ2n) is 3.76. The van der Waals surface area contributed by atoms with Crippen molar-refractivity contribution in [2.75, 3.05) is 5.32 Å². The third-order valence-corrected chi connectivity index (χ3v) is 2.43. The van der Waals surface area contributed by atoms with Crippen LogP contribution in [-0.4, -0.2) is 5.91 Å². The number of nitriles is 1. The molecule has 1 amide bonds. The van der Waals surface area contributed by atoms with Crippen LogP contribution in [0.3, 0.4) is 0 Å². The van der Waals surface area contributed by atoms with Crippen LogP contribution >= 0.6 is 0 Å². The standard InChI is InChI=1S/C14H11N3O/c15-9-10-3-1-5-12(7-10)17-13-6-2-4-11(8-13)14(16)18/h1-8,17H,(H2,16,18). The maximum atomic E-state index is 11.1. The first-order valence-corrected chi connectivity index (χ1v) is 5.36. The van der Waals surface area contributed by atoms with Gasteiger partial charge in [-0.3, -0.25) is 4.79 Å². The van der Waals surface area contributed by atoms with E-state index in [1.165, 1.54) is 0 Å². The van der Waals surface area contributed by atoms with Crippen molar-refractivity contribution in [2.24, 2.45) is 5.73 Å². The third-order valence-electron chi connectivity index (χ3n) is 2.43. The molecule has 0 atom stereocenters. The van der Waals surface area contributed by atoms with E-state index >= 15 is 0 Å². The van der Waals surface area contributed by atoms with E-state index in [0.717, 1.165) is 11.4 Å². The molecule has 0 unspecified atom stereocenters. The van der Waals surface area contributed by atoms with Gasteiger partial charge < -0.3 is 11.1 Å². The number of hydrogen-bond donors (Lipinski definition) is 2. The molecule has 2 rings (SSSR count). The number of carbonyl (C=O) groups excluding carboxylic acids is 1. The number of nitrogens with zero attached hydrogens (tertiary/aromatic N) is 1. The van der Waals surface area contributed by atoms with Gasteiger partial charge in [-0.2, -0.15) is 5.26 Å². The number of amides is 1. The zero-order valence-electron chi connectivity index (χ0n) is 9.55. The van der Waals surface area contributed by atoms with E-state index in [9.17, 15) is 4.79 Å². The number of primary amides is 1. The third kappa shape index (κ3) is 2.66. The Morgan fingerprint density at radius 1 is 1.11 bits per heavy atom. The van der Waals surface area contributed by atoms with Crippen LogP contribution in [0.1, 0.15) is 15.9 Å². The smallest absolute Gasteiger partial charge is 0.248 e. The van der Waals surface area contributed by atoms with Gasteiger partial charge in [0.25, 0.3) is 0 Å². The average molecular weight is 237 g/mol. The minimum absolute atomic E-state index is 0.441. The van der Waals surface area contributed by atoms with Gasteiger partial charge in [0.05, 0.1) is 11.6 Å². The predicted octanol–water partition coefficient (Wildman–Crippen LogP) is 2.40. The Labute approximate surface area is 105 Å². The summed E-state index contributed by atoms with van der Waals surface area (Å²) in [5.74, 6) is -0.468. The summed E-state index contributed by atoms with van der Waals surface area (Å²) in [5, 5.41) is 11.9. The lowest BCUT2D eigenvalue weighted by Crippen LogP contribution is -2.10. The summed E-state index contributed by atoms with van der Waals surface area (Å²) >= 11 is 0. The fraction of sp³-hybridized carbons (Fsp3) is 0. The molecule has 0 aliphatic rings. The molecule has 0 saturated heterocycles. The Hall–Kier alpha value is -2.80. The van der Waals surface area contributed by atoms with Crippen molar-refractivity contribution in [3.63, 3.8) is 0 Å². The number of benzene rings is 2. The van der Waals surface area contributed by atoms with Crippen molar-refractivity contribution in [2.45, 2.75) is 0 Å². The van der Waals surface area contributed by atoms with Crippen molar-refractivity contribution in [3.8, 4) is 6.07 Å². The van der Waals surface area contributed by atoms with Crippen molar-refractivity contribution < 1.29 is 4.79 Å². The molecular weight excluding hydrogens is 226 g/mol. The highest BCUT2D eigenvalue weighted by atomic mass is 16.1. The van der Waals surface area contributed by atoms with Crippen LogP contribution in [0.4, 0.5) is 11.4 Å². The molecule has 0 aliphatic heterocycles.